The number of nitrogens with zero attached hydrogens (tertiary/aromatic N) is 3. The Balaban J connectivity index is 1.51. The van der Waals surface area contributed by atoms with Crippen molar-refractivity contribution in [2.45, 2.75) is 37.7 Å². The highest BCUT2D eigenvalue weighted by Crippen LogP contribution is 2.33. The molecule has 2 aliphatic rings. The molecular formula is C19H22N4O3. The lowest BCUT2D eigenvalue weighted by molar-refractivity contribution is -0.157. The number of anilines is 2. The molecule has 2 aromatic rings. The average Bonchev–Trinajstić information content (AvgIpc) is 3.10. The number of aryl methyl sites for hydroxylation is 2. The standard InChI is InChI=1S/C19H22N4O3/c20-16-6-9-21-18(22-16)23-10-7-19(8-11-23,17(24)25)26-15-5-4-13-2-1-3-14(13)12-15/h4-6,9,12H,1-3,7-8,10-11H2,(H,24,25)(H2,20,21,22). The SMILES string of the molecule is Nc1ccnc(N2CCC(Oc3ccc4c(c3)CCC4)(C(=O)O)CC2)n1. The maximum Gasteiger partial charge on any atom is 0.348 e. The quantitative estimate of drug-likeness (QED) is 0.866. The highest BCUT2D eigenvalue weighted by atomic mass is 16.5. The van der Waals surface area contributed by atoms with E-state index in [-0.39, 0.29) is 0 Å². The first kappa shape index (κ1) is 16.6. The summed E-state index contributed by atoms with van der Waals surface area (Å²) in [7, 11) is 0. The summed E-state index contributed by atoms with van der Waals surface area (Å²) >= 11 is 0. The Kier molecular flexibility index (Phi) is 4.14. The largest absolute Gasteiger partial charge is 0.478 e. The summed E-state index contributed by atoms with van der Waals surface area (Å²) in [5.41, 5.74) is 7.11. The molecule has 0 radical (unpaired) electrons. The van der Waals surface area contributed by atoms with E-state index >= 15 is 0 Å². The number of hydrogen-bond donors (Lipinski definition) is 2. The molecule has 4 rings (SSSR count). The van der Waals surface area contributed by atoms with Crippen molar-refractivity contribution in [3.63, 3.8) is 0 Å². The molecule has 1 aromatic heterocycles. The molecule has 0 spiro atoms. The zero-order chi connectivity index (χ0) is 18.1. The van der Waals surface area contributed by atoms with Gasteiger partial charge in [-0.25, -0.2) is 9.78 Å². The van der Waals surface area contributed by atoms with Crippen LogP contribution in [-0.4, -0.2) is 39.7 Å². The first-order chi connectivity index (χ1) is 12.6. The molecule has 1 aromatic carbocycles. The fourth-order valence-corrected chi connectivity index (χ4v) is 3.78. The zero-order valence-electron chi connectivity index (χ0n) is 14.5. The predicted molar refractivity (Wildman–Crippen MR) is 97.4 cm³/mol. The number of rotatable bonds is 4. The Bertz CT molecular complexity index is 831. The third kappa shape index (κ3) is 3.05. The summed E-state index contributed by atoms with van der Waals surface area (Å²) in [6, 6.07) is 7.58. The lowest BCUT2D eigenvalue weighted by Crippen LogP contribution is -2.53. The predicted octanol–water partition coefficient (Wildman–Crippen LogP) is 2.05. The molecule has 136 valence electrons. The number of piperidine rings is 1. The topological polar surface area (TPSA) is 102 Å². The Morgan fingerprint density at radius 3 is 2.69 bits per heavy atom. The summed E-state index contributed by atoms with van der Waals surface area (Å²) < 4.78 is 6.05. The van der Waals surface area contributed by atoms with Crippen LogP contribution in [0.3, 0.4) is 0 Å². The average molecular weight is 354 g/mol. The monoisotopic (exact) mass is 354 g/mol. The summed E-state index contributed by atoms with van der Waals surface area (Å²) in [5.74, 6) is 0.647. The van der Waals surface area contributed by atoms with Crippen LogP contribution < -0.4 is 15.4 Å². The number of carboxylic acids is 1. The van der Waals surface area contributed by atoms with Crippen molar-refractivity contribution < 1.29 is 14.6 Å². The van der Waals surface area contributed by atoms with Crippen LogP contribution in [0.5, 0.6) is 5.75 Å². The van der Waals surface area contributed by atoms with Crippen LogP contribution in [0.15, 0.2) is 30.5 Å². The normalized spacial score (nSPS) is 18.4. The molecule has 0 atom stereocenters. The number of ether oxygens (including phenoxy) is 1. The highest BCUT2D eigenvalue weighted by molar-refractivity contribution is 5.78. The molecule has 2 heterocycles. The maximum atomic E-state index is 12.0. The first-order valence-electron chi connectivity index (χ1n) is 8.93. The van der Waals surface area contributed by atoms with Crippen LogP contribution in [0.2, 0.25) is 0 Å². The molecule has 0 amide bonds. The highest BCUT2D eigenvalue weighted by Gasteiger charge is 2.44. The van der Waals surface area contributed by atoms with Gasteiger partial charge in [0.25, 0.3) is 0 Å². The molecule has 3 N–H and O–H groups in total. The minimum Gasteiger partial charge on any atom is -0.478 e. The molecule has 0 bridgehead atoms. The van der Waals surface area contributed by atoms with Gasteiger partial charge in [-0.1, -0.05) is 6.07 Å². The maximum absolute atomic E-state index is 12.0. The van der Waals surface area contributed by atoms with Gasteiger partial charge in [-0.3, -0.25) is 0 Å². The van der Waals surface area contributed by atoms with Gasteiger partial charge in [0.05, 0.1) is 0 Å². The smallest absolute Gasteiger partial charge is 0.348 e. The van der Waals surface area contributed by atoms with E-state index in [0.717, 1.165) is 19.3 Å². The van der Waals surface area contributed by atoms with Crippen LogP contribution >= 0.6 is 0 Å². The summed E-state index contributed by atoms with van der Waals surface area (Å²) in [4.78, 5) is 22.4. The minimum absolute atomic E-state index is 0.359. The number of hydrogen-bond acceptors (Lipinski definition) is 6. The lowest BCUT2D eigenvalue weighted by atomic mass is 9.91. The minimum atomic E-state index is -1.22. The number of carbonyl (C=O) groups is 1. The fourth-order valence-electron chi connectivity index (χ4n) is 3.78. The first-order valence-corrected chi connectivity index (χ1v) is 8.93. The van der Waals surface area contributed by atoms with E-state index in [1.807, 2.05) is 17.0 Å². The van der Waals surface area contributed by atoms with Gasteiger partial charge in [0.1, 0.15) is 11.6 Å². The van der Waals surface area contributed by atoms with E-state index in [1.54, 1.807) is 12.3 Å². The van der Waals surface area contributed by atoms with Crippen molar-refractivity contribution in [1.29, 1.82) is 0 Å². The van der Waals surface area contributed by atoms with Gasteiger partial charge in [-0.15, -0.1) is 0 Å². The van der Waals surface area contributed by atoms with Gasteiger partial charge < -0.3 is 20.5 Å². The lowest BCUT2D eigenvalue weighted by Gasteiger charge is -2.38. The molecule has 1 aliphatic carbocycles. The molecular weight excluding hydrogens is 332 g/mol. The number of aliphatic carboxylic acids is 1. The van der Waals surface area contributed by atoms with E-state index in [0.29, 0.717) is 43.4 Å². The van der Waals surface area contributed by atoms with Crippen molar-refractivity contribution in [3.8, 4) is 5.75 Å². The van der Waals surface area contributed by atoms with E-state index in [4.69, 9.17) is 10.5 Å². The van der Waals surface area contributed by atoms with Gasteiger partial charge in [0.2, 0.25) is 11.5 Å². The van der Waals surface area contributed by atoms with Crippen molar-refractivity contribution in [1.82, 2.24) is 9.97 Å². The third-order valence-electron chi connectivity index (χ3n) is 5.29. The number of nitrogens with two attached hydrogens (primary N) is 1. The summed E-state index contributed by atoms with van der Waals surface area (Å²) in [5, 5.41) is 9.85. The second kappa shape index (κ2) is 6.48. The molecule has 0 unspecified atom stereocenters. The van der Waals surface area contributed by atoms with Gasteiger partial charge in [0, 0.05) is 32.1 Å². The van der Waals surface area contributed by atoms with Gasteiger partial charge in [0.15, 0.2) is 0 Å². The number of carboxylic acid groups (broad SMARTS) is 1. The van der Waals surface area contributed by atoms with Crippen LogP contribution in [0.4, 0.5) is 11.8 Å². The van der Waals surface area contributed by atoms with Crippen molar-refractivity contribution in [2.24, 2.45) is 0 Å². The number of benzene rings is 1. The Hall–Kier alpha value is -2.83. The summed E-state index contributed by atoms with van der Waals surface area (Å²) in [6.45, 7) is 1.00. The van der Waals surface area contributed by atoms with Crippen molar-refractivity contribution in [3.05, 3.63) is 41.6 Å². The van der Waals surface area contributed by atoms with E-state index < -0.39 is 11.6 Å². The Morgan fingerprint density at radius 2 is 1.96 bits per heavy atom. The van der Waals surface area contributed by atoms with Gasteiger partial charge in [-0.2, -0.15) is 4.98 Å². The second-order valence-electron chi connectivity index (χ2n) is 6.95. The summed E-state index contributed by atoms with van der Waals surface area (Å²) in [6.07, 6.45) is 5.60. The van der Waals surface area contributed by atoms with Crippen molar-refractivity contribution >= 4 is 17.7 Å². The third-order valence-corrected chi connectivity index (χ3v) is 5.29. The zero-order valence-corrected chi connectivity index (χ0v) is 14.5. The van der Waals surface area contributed by atoms with E-state index in [9.17, 15) is 9.90 Å². The van der Waals surface area contributed by atoms with Gasteiger partial charge in [-0.05, 0) is 48.6 Å². The van der Waals surface area contributed by atoms with Crippen molar-refractivity contribution in [2.75, 3.05) is 23.7 Å². The molecule has 1 fully saturated rings. The van der Waals surface area contributed by atoms with Gasteiger partial charge >= 0.3 is 5.97 Å². The molecule has 1 aliphatic heterocycles. The molecule has 0 saturated carbocycles. The van der Waals surface area contributed by atoms with Crippen LogP contribution in [0, 0.1) is 0 Å². The Morgan fingerprint density at radius 1 is 1.19 bits per heavy atom. The number of aromatic nitrogens is 2. The number of fused-ring (bicyclic) bond motifs is 1. The second-order valence-corrected chi connectivity index (χ2v) is 6.95. The van der Waals surface area contributed by atoms with E-state index in [1.165, 1.54) is 11.1 Å². The molecule has 7 heteroatoms. The number of nitrogen functional groups attached to an aromatic ring is 1. The van der Waals surface area contributed by atoms with E-state index in [2.05, 4.69) is 16.0 Å². The van der Waals surface area contributed by atoms with Crippen LogP contribution in [0.25, 0.3) is 0 Å². The Labute approximate surface area is 151 Å². The molecule has 26 heavy (non-hydrogen) atoms. The molecule has 7 nitrogen and oxygen atoms in total. The van der Waals surface area contributed by atoms with Crippen LogP contribution in [0.1, 0.15) is 30.4 Å². The van der Waals surface area contributed by atoms with Crippen LogP contribution in [-0.2, 0) is 17.6 Å². The fraction of sp³-hybridized carbons (Fsp3) is 0.421. The molecule has 1 saturated heterocycles.